The van der Waals surface area contributed by atoms with E-state index in [0.29, 0.717) is 17.1 Å². The van der Waals surface area contributed by atoms with Crippen LogP contribution in [-0.4, -0.2) is 44.3 Å². The van der Waals surface area contributed by atoms with E-state index in [4.69, 9.17) is 9.47 Å². The zero-order valence-electron chi connectivity index (χ0n) is 16.2. The number of rotatable bonds is 9. The molecule has 3 aromatic rings. The minimum atomic E-state index is -3.93. The molecule has 0 aliphatic rings. The molecule has 30 heavy (non-hydrogen) atoms. The number of nitrogens with zero attached hydrogens (tertiary/aromatic N) is 2. The molecule has 2 N–H and O–H groups in total. The first-order valence-corrected chi connectivity index (χ1v) is 11.2. The Bertz CT molecular complexity index is 1100. The van der Waals surface area contributed by atoms with Crippen LogP contribution in [0.5, 0.6) is 11.5 Å². The highest BCUT2D eigenvalue weighted by Crippen LogP contribution is 2.26. The van der Waals surface area contributed by atoms with E-state index < -0.39 is 22.0 Å². The summed E-state index contributed by atoms with van der Waals surface area (Å²) in [6, 6.07) is 15.0. The van der Waals surface area contributed by atoms with E-state index in [-0.39, 0.29) is 16.1 Å². The van der Waals surface area contributed by atoms with Gasteiger partial charge >= 0.3 is 0 Å². The minimum absolute atomic E-state index is 0.0794. The molecule has 0 saturated carbocycles. The average molecular weight is 449 g/mol. The van der Waals surface area contributed by atoms with Crippen molar-refractivity contribution in [3.8, 4) is 11.5 Å². The molecule has 0 unspecified atom stereocenters. The lowest BCUT2D eigenvalue weighted by Gasteiger charge is -2.15. The summed E-state index contributed by atoms with van der Waals surface area (Å²) < 4.78 is 38.2. The number of amides is 1. The first kappa shape index (κ1) is 21.7. The fourth-order valence-electron chi connectivity index (χ4n) is 2.43. The summed E-state index contributed by atoms with van der Waals surface area (Å²) in [4.78, 5) is 12.2. The molecule has 1 heterocycles. The van der Waals surface area contributed by atoms with Gasteiger partial charge in [0.1, 0.15) is 6.61 Å². The number of nitrogens with one attached hydrogen (secondary N) is 2. The molecule has 0 radical (unpaired) electrons. The van der Waals surface area contributed by atoms with Crippen molar-refractivity contribution >= 4 is 32.4 Å². The summed E-state index contributed by atoms with van der Waals surface area (Å²) in [6.07, 6.45) is 0. The summed E-state index contributed by atoms with van der Waals surface area (Å²) in [5.74, 6) is 0.658. The third-order valence-corrected chi connectivity index (χ3v) is 6.60. The Hall–Kier alpha value is -3.02. The fraction of sp³-hybridized carbons (Fsp3) is 0.211. The lowest BCUT2D eigenvalue weighted by Crippen LogP contribution is -2.36. The monoisotopic (exact) mass is 448 g/mol. The number of carbonyl (C=O) groups is 1. The molecule has 0 aliphatic carbocycles. The van der Waals surface area contributed by atoms with E-state index in [9.17, 15) is 13.2 Å². The van der Waals surface area contributed by atoms with E-state index in [1.54, 1.807) is 61.5 Å². The Balaban J connectivity index is 1.59. The lowest BCUT2D eigenvalue weighted by atomic mass is 10.2. The van der Waals surface area contributed by atoms with Crippen molar-refractivity contribution < 1.29 is 22.7 Å². The van der Waals surface area contributed by atoms with Crippen molar-refractivity contribution in [3.05, 3.63) is 60.2 Å². The molecular formula is C19H20N4O5S2. The molecule has 1 aromatic heterocycles. The Kier molecular flexibility index (Phi) is 6.98. The van der Waals surface area contributed by atoms with Crippen LogP contribution in [-0.2, 0) is 10.0 Å². The van der Waals surface area contributed by atoms with Gasteiger partial charge in [-0.3, -0.25) is 10.1 Å². The normalized spacial score (nSPS) is 12.2. The largest absolute Gasteiger partial charge is 0.493 e. The lowest BCUT2D eigenvalue weighted by molar-refractivity contribution is 0.102. The van der Waals surface area contributed by atoms with Crippen molar-refractivity contribution in [1.82, 2.24) is 14.9 Å². The van der Waals surface area contributed by atoms with Crippen LogP contribution >= 0.6 is 11.3 Å². The van der Waals surface area contributed by atoms with Gasteiger partial charge in [0, 0.05) is 5.56 Å². The summed E-state index contributed by atoms with van der Waals surface area (Å²) in [7, 11) is -2.40. The SMILES string of the molecule is COc1ccccc1OC[C@@H](C)NS(=O)(=O)c1nnc(NC(=O)c2ccccc2)s1. The predicted molar refractivity (Wildman–Crippen MR) is 113 cm³/mol. The summed E-state index contributed by atoms with van der Waals surface area (Å²) >= 11 is 0.760. The molecule has 11 heteroatoms. The number of benzene rings is 2. The smallest absolute Gasteiger partial charge is 0.270 e. The van der Waals surface area contributed by atoms with E-state index in [1.807, 2.05) is 0 Å². The van der Waals surface area contributed by atoms with E-state index in [0.717, 1.165) is 11.3 Å². The van der Waals surface area contributed by atoms with Gasteiger partial charge in [0.15, 0.2) is 11.5 Å². The van der Waals surface area contributed by atoms with Gasteiger partial charge in [0.2, 0.25) is 9.47 Å². The van der Waals surface area contributed by atoms with Gasteiger partial charge in [-0.2, -0.15) is 0 Å². The standard InChI is InChI=1S/C19H20N4O5S2/c1-13(12-28-16-11-7-6-10-15(16)27-2)23-30(25,26)19-22-21-18(29-19)20-17(24)14-8-4-3-5-9-14/h3-11,13,23H,12H2,1-2H3,(H,20,21,24)/t13-/m1/s1. The third kappa shape index (κ3) is 5.53. The van der Waals surface area contributed by atoms with Crippen LogP contribution in [0.1, 0.15) is 17.3 Å². The number of hydrogen-bond acceptors (Lipinski definition) is 8. The first-order chi connectivity index (χ1) is 14.4. The molecule has 0 fully saturated rings. The van der Waals surface area contributed by atoms with E-state index in [2.05, 4.69) is 20.2 Å². The van der Waals surface area contributed by atoms with Crippen LogP contribution in [0, 0.1) is 0 Å². The summed E-state index contributed by atoms with van der Waals surface area (Å²) in [6.45, 7) is 1.74. The number of ether oxygens (including phenoxy) is 2. The first-order valence-electron chi connectivity index (χ1n) is 8.87. The van der Waals surface area contributed by atoms with Crippen molar-refractivity contribution in [2.24, 2.45) is 0 Å². The summed E-state index contributed by atoms with van der Waals surface area (Å²) in [5.41, 5.74) is 0.428. The van der Waals surface area contributed by atoms with Gasteiger partial charge in [-0.15, -0.1) is 10.2 Å². The van der Waals surface area contributed by atoms with Crippen LogP contribution < -0.4 is 19.5 Å². The summed E-state index contributed by atoms with van der Waals surface area (Å²) in [5, 5.41) is 10.0. The highest BCUT2D eigenvalue weighted by atomic mass is 32.2. The Labute approximate surface area is 178 Å². The highest BCUT2D eigenvalue weighted by Gasteiger charge is 2.23. The molecule has 2 aromatic carbocycles. The van der Waals surface area contributed by atoms with Crippen LogP contribution in [0.15, 0.2) is 58.9 Å². The van der Waals surface area contributed by atoms with E-state index in [1.165, 1.54) is 7.11 Å². The number of para-hydroxylation sites is 2. The molecule has 3 rings (SSSR count). The van der Waals surface area contributed by atoms with Crippen molar-refractivity contribution in [2.45, 2.75) is 17.3 Å². The zero-order valence-corrected chi connectivity index (χ0v) is 17.9. The maximum Gasteiger partial charge on any atom is 0.270 e. The van der Waals surface area contributed by atoms with Crippen molar-refractivity contribution in [2.75, 3.05) is 19.0 Å². The van der Waals surface area contributed by atoms with Gasteiger partial charge in [0.05, 0.1) is 13.2 Å². The Morgan fingerprint density at radius 3 is 2.43 bits per heavy atom. The highest BCUT2D eigenvalue weighted by molar-refractivity contribution is 7.91. The molecule has 9 nitrogen and oxygen atoms in total. The third-order valence-electron chi connectivity index (χ3n) is 3.81. The maximum atomic E-state index is 12.5. The number of sulfonamides is 1. The fourth-order valence-corrected chi connectivity index (χ4v) is 4.57. The molecule has 0 bridgehead atoms. The predicted octanol–water partition coefficient (Wildman–Crippen LogP) is 2.54. The van der Waals surface area contributed by atoms with Crippen LogP contribution in [0.3, 0.4) is 0 Å². The molecule has 158 valence electrons. The van der Waals surface area contributed by atoms with E-state index >= 15 is 0 Å². The van der Waals surface area contributed by atoms with Gasteiger partial charge in [-0.25, -0.2) is 13.1 Å². The second-order valence-electron chi connectivity index (χ2n) is 6.18. The van der Waals surface area contributed by atoms with Gasteiger partial charge in [0.25, 0.3) is 15.9 Å². The number of hydrogen-bond donors (Lipinski definition) is 2. The molecule has 0 spiro atoms. The van der Waals surface area contributed by atoms with Crippen LogP contribution in [0.2, 0.25) is 0 Å². The van der Waals surface area contributed by atoms with Crippen molar-refractivity contribution in [1.29, 1.82) is 0 Å². The average Bonchev–Trinajstić information content (AvgIpc) is 3.22. The van der Waals surface area contributed by atoms with Crippen LogP contribution in [0.4, 0.5) is 5.13 Å². The van der Waals surface area contributed by atoms with Gasteiger partial charge < -0.3 is 9.47 Å². The molecule has 1 amide bonds. The number of carbonyl (C=O) groups excluding carboxylic acids is 1. The number of anilines is 1. The zero-order chi connectivity index (χ0) is 21.6. The topological polar surface area (TPSA) is 120 Å². The molecule has 0 saturated heterocycles. The molecule has 0 aliphatic heterocycles. The number of aromatic nitrogens is 2. The molecule has 1 atom stereocenters. The Morgan fingerprint density at radius 1 is 1.07 bits per heavy atom. The minimum Gasteiger partial charge on any atom is -0.493 e. The van der Waals surface area contributed by atoms with Gasteiger partial charge in [-0.05, 0) is 31.2 Å². The second kappa shape index (κ2) is 9.65. The van der Waals surface area contributed by atoms with Crippen LogP contribution in [0.25, 0.3) is 0 Å². The van der Waals surface area contributed by atoms with Crippen molar-refractivity contribution in [3.63, 3.8) is 0 Å². The van der Waals surface area contributed by atoms with Gasteiger partial charge in [-0.1, -0.05) is 41.7 Å². The quantitative estimate of drug-likeness (QED) is 0.483. The Morgan fingerprint density at radius 2 is 1.73 bits per heavy atom. The number of methoxy groups -OCH3 is 1. The molecular weight excluding hydrogens is 428 g/mol. The second-order valence-corrected chi connectivity index (χ2v) is 9.04. The maximum absolute atomic E-state index is 12.5.